The lowest BCUT2D eigenvalue weighted by Crippen LogP contribution is -2.46. The third-order valence-corrected chi connectivity index (χ3v) is 5.21. The van der Waals surface area contributed by atoms with E-state index in [2.05, 4.69) is 13.0 Å². The van der Waals surface area contributed by atoms with Gasteiger partial charge in [-0.15, -0.1) is 0 Å². The summed E-state index contributed by atoms with van der Waals surface area (Å²) in [4.78, 5) is 12.0. The van der Waals surface area contributed by atoms with Crippen LogP contribution in [0.1, 0.15) is 59.8 Å². The molecular weight excluding hydrogens is 304 g/mol. The molecule has 1 aliphatic heterocycles. The van der Waals surface area contributed by atoms with Crippen LogP contribution >= 0.6 is 0 Å². The van der Waals surface area contributed by atoms with Crippen molar-refractivity contribution in [3.05, 3.63) is 34.9 Å². The van der Waals surface area contributed by atoms with Gasteiger partial charge < -0.3 is 14.9 Å². The summed E-state index contributed by atoms with van der Waals surface area (Å²) in [5.74, 6) is -0.421. The second kappa shape index (κ2) is 7.66. The molecule has 2 aliphatic rings. The van der Waals surface area contributed by atoms with E-state index in [1.165, 1.54) is 5.57 Å². The Bertz CT molecular complexity index is 570. The molecule has 4 nitrogen and oxygen atoms in total. The van der Waals surface area contributed by atoms with Crippen LogP contribution in [0.2, 0.25) is 0 Å². The first-order valence-corrected chi connectivity index (χ1v) is 8.87. The maximum atomic E-state index is 12.0. The molecule has 0 aromatic carbocycles. The molecule has 2 unspecified atom stereocenters. The number of carbonyl (C=O) groups excluding carboxylic acids is 1. The van der Waals surface area contributed by atoms with E-state index in [0.717, 1.165) is 24.8 Å². The van der Waals surface area contributed by atoms with Crippen LogP contribution in [0.4, 0.5) is 0 Å². The minimum Gasteiger partial charge on any atom is -0.454 e. The molecule has 0 fully saturated rings. The first-order valence-electron chi connectivity index (χ1n) is 8.87. The molecule has 2 N–H and O–H groups in total. The van der Waals surface area contributed by atoms with Crippen LogP contribution in [-0.4, -0.2) is 34.0 Å². The zero-order chi connectivity index (χ0) is 17.9. The van der Waals surface area contributed by atoms with E-state index in [9.17, 15) is 15.0 Å². The number of fused-ring (bicyclic) bond motifs is 1. The van der Waals surface area contributed by atoms with Crippen LogP contribution in [0, 0.1) is 5.92 Å². The topological polar surface area (TPSA) is 66.8 Å². The molecule has 2 bridgehead atoms. The molecule has 0 aromatic heterocycles. The van der Waals surface area contributed by atoms with Crippen molar-refractivity contribution in [1.29, 1.82) is 0 Å². The highest BCUT2D eigenvalue weighted by molar-refractivity contribution is 5.90. The summed E-state index contributed by atoms with van der Waals surface area (Å²) in [6, 6.07) is 0. The number of esters is 1. The van der Waals surface area contributed by atoms with Gasteiger partial charge in [0.25, 0.3) is 0 Å². The summed E-state index contributed by atoms with van der Waals surface area (Å²) < 4.78 is 5.42. The smallest absolute Gasteiger partial charge is 0.334 e. The fourth-order valence-electron chi connectivity index (χ4n) is 3.38. The largest absolute Gasteiger partial charge is 0.454 e. The van der Waals surface area contributed by atoms with Gasteiger partial charge in [0, 0.05) is 12.0 Å². The predicted octanol–water partition coefficient (Wildman–Crippen LogP) is 3.44. The summed E-state index contributed by atoms with van der Waals surface area (Å²) in [6.07, 6.45) is 7.82. The van der Waals surface area contributed by atoms with Crippen LogP contribution < -0.4 is 0 Å². The number of hydrogen-bond acceptors (Lipinski definition) is 4. The zero-order valence-corrected chi connectivity index (χ0v) is 15.2. The molecule has 0 saturated carbocycles. The van der Waals surface area contributed by atoms with Crippen LogP contribution in [-0.2, 0) is 9.53 Å². The monoisotopic (exact) mass is 334 g/mol. The molecule has 3 atom stereocenters. The third kappa shape index (κ3) is 4.37. The van der Waals surface area contributed by atoms with Crippen LogP contribution in [0.3, 0.4) is 0 Å². The Morgan fingerprint density at radius 2 is 1.92 bits per heavy atom. The minimum absolute atomic E-state index is 0.125. The van der Waals surface area contributed by atoms with E-state index in [0.29, 0.717) is 18.4 Å². The fraction of sp³-hybridized carbons (Fsp3) is 0.650. The lowest BCUT2D eigenvalue weighted by Gasteiger charge is -2.36. The Morgan fingerprint density at radius 3 is 2.58 bits per heavy atom. The molecule has 134 valence electrons. The second-order valence-corrected chi connectivity index (χ2v) is 7.53. The maximum absolute atomic E-state index is 12.0. The van der Waals surface area contributed by atoms with Gasteiger partial charge in [-0.05, 0) is 51.5 Å². The van der Waals surface area contributed by atoms with Crippen molar-refractivity contribution in [1.82, 2.24) is 0 Å². The normalized spacial score (nSPS) is 37.0. The van der Waals surface area contributed by atoms with Gasteiger partial charge in [-0.1, -0.05) is 37.1 Å². The molecule has 0 radical (unpaired) electrons. The molecule has 4 heteroatoms. The van der Waals surface area contributed by atoms with Gasteiger partial charge in [0.05, 0.1) is 5.60 Å². The first kappa shape index (κ1) is 18.9. The summed E-state index contributed by atoms with van der Waals surface area (Å²) in [7, 11) is 0. The van der Waals surface area contributed by atoms with Crippen molar-refractivity contribution in [3.63, 3.8) is 0 Å². The van der Waals surface area contributed by atoms with E-state index >= 15 is 0 Å². The van der Waals surface area contributed by atoms with Crippen molar-refractivity contribution in [2.75, 3.05) is 0 Å². The van der Waals surface area contributed by atoms with Crippen molar-refractivity contribution in [3.8, 4) is 0 Å². The van der Waals surface area contributed by atoms with E-state index in [1.54, 1.807) is 6.08 Å². The highest BCUT2D eigenvalue weighted by Gasteiger charge is 2.39. The van der Waals surface area contributed by atoms with Crippen LogP contribution in [0.25, 0.3) is 0 Å². The number of aliphatic hydroxyl groups excluding tert-OH is 1. The zero-order valence-electron chi connectivity index (χ0n) is 15.2. The molecule has 0 aromatic rings. The van der Waals surface area contributed by atoms with Gasteiger partial charge in [-0.2, -0.15) is 0 Å². The molecule has 0 spiro atoms. The molecular formula is C20H30O4. The lowest BCUT2D eigenvalue weighted by molar-refractivity contribution is -0.140. The summed E-state index contributed by atoms with van der Waals surface area (Å²) in [5, 5.41) is 21.6. The van der Waals surface area contributed by atoms with Crippen LogP contribution in [0.15, 0.2) is 34.9 Å². The summed E-state index contributed by atoms with van der Waals surface area (Å²) in [6.45, 7) is 7.83. The minimum atomic E-state index is -1.25. The molecule has 0 amide bonds. The summed E-state index contributed by atoms with van der Waals surface area (Å²) in [5.41, 5.74) is 1.62. The molecule has 2 rings (SSSR count). The Morgan fingerprint density at radius 1 is 1.21 bits per heavy atom. The second-order valence-electron chi connectivity index (χ2n) is 7.53. The van der Waals surface area contributed by atoms with Gasteiger partial charge in [0.2, 0.25) is 0 Å². The average molecular weight is 334 g/mol. The Kier molecular flexibility index (Phi) is 6.05. The standard InChI is InChI=1S/C20H30O4/c1-13(2)20(23)9-8-16-12-17(24-19(16)22)10-14(3)6-5-7-15(4)11-18(20)21/h6,11-13,17-18,21,23H,5,7-10H2,1-4H3/b14-6+,15-11+/t17-,18?,20?/m1/s1. The van der Waals surface area contributed by atoms with Crippen molar-refractivity contribution in [2.24, 2.45) is 5.92 Å². The van der Waals surface area contributed by atoms with E-state index < -0.39 is 11.7 Å². The number of allylic oxidation sites excluding steroid dienone is 2. The Labute approximate surface area is 144 Å². The maximum Gasteiger partial charge on any atom is 0.334 e. The van der Waals surface area contributed by atoms with Crippen molar-refractivity contribution in [2.45, 2.75) is 77.6 Å². The highest BCUT2D eigenvalue weighted by atomic mass is 16.5. The number of aliphatic hydroxyl groups is 2. The van der Waals surface area contributed by atoms with Crippen molar-refractivity contribution >= 4 is 5.97 Å². The van der Waals surface area contributed by atoms with Gasteiger partial charge in [-0.25, -0.2) is 4.79 Å². The quantitative estimate of drug-likeness (QED) is 0.569. The molecule has 1 aliphatic carbocycles. The number of rotatable bonds is 1. The highest BCUT2D eigenvalue weighted by Crippen LogP contribution is 2.32. The van der Waals surface area contributed by atoms with Crippen LogP contribution in [0.5, 0.6) is 0 Å². The fourth-order valence-corrected chi connectivity index (χ4v) is 3.38. The van der Waals surface area contributed by atoms with Gasteiger partial charge in [0.15, 0.2) is 0 Å². The molecule has 1 heterocycles. The van der Waals surface area contributed by atoms with E-state index in [-0.39, 0.29) is 18.0 Å². The van der Waals surface area contributed by atoms with E-state index in [1.807, 2.05) is 26.8 Å². The Balaban J connectivity index is 2.31. The van der Waals surface area contributed by atoms with Gasteiger partial charge in [-0.3, -0.25) is 0 Å². The third-order valence-electron chi connectivity index (χ3n) is 5.21. The first-order chi connectivity index (χ1) is 11.2. The van der Waals surface area contributed by atoms with Crippen molar-refractivity contribution < 1.29 is 19.7 Å². The van der Waals surface area contributed by atoms with Gasteiger partial charge >= 0.3 is 5.97 Å². The molecule has 24 heavy (non-hydrogen) atoms. The predicted molar refractivity (Wildman–Crippen MR) is 94.4 cm³/mol. The molecule has 0 saturated heterocycles. The number of carbonyl (C=O) groups is 1. The average Bonchev–Trinajstić information content (AvgIpc) is 2.83. The lowest BCUT2D eigenvalue weighted by atomic mass is 9.79. The number of ether oxygens (including phenoxy) is 1. The van der Waals surface area contributed by atoms with Gasteiger partial charge in [0.1, 0.15) is 12.2 Å². The number of hydrogen-bond donors (Lipinski definition) is 2. The SMILES string of the molecule is C/C1=C\C(O)C(O)(C(C)C)CCC2=C[C@@H](C/C(C)=C/CC1)OC2=O. The van der Waals surface area contributed by atoms with E-state index in [4.69, 9.17) is 4.74 Å². The Hall–Kier alpha value is -1.39. The summed E-state index contributed by atoms with van der Waals surface area (Å²) >= 11 is 0.